The van der Waals surface area contributed by atoms with Crippen LogP contribution < -0.4 is 11.5 Å². The topological polar surface area (TPSA) is 64.9 Å². The maximum absolute atomic E-state index is 5.97. The largest absolute Gasteiger partial charge is 0.398 e. The summed E-state index contributed by atoms with van der Waals surface area (Å²) in [6.07, 6.45) is 0. The normalized spacial score (nSPS) is 10.8. The molecule has 0 spiro atoms. The average Bonchev–Trinajstić information content (AvgIpc) is 1.99. The SMILES string of the molecule is Cc1nc(N)c(C(C)C)c(N)c1C. The number of nitrogens with zero attached hydrogens (tertiary/aromatic N) is 1. The summed E-state index contributed by atoms with van der Waals surface area (Å²) in [4.78, 5) is 4.25. The van der Waals surface area contributed by atoms with Gasteiger partial charge < -0.3 is 11.5 Å². The summed E-state index contributed by atoms with van der Waals surface area (Å²) in [7, 11) is 0. The van der Waals surface area contributed by atoms with Gasteiger partial charge in [0.15, 0.2) is 0 Å². The number of hydrogen-bond donors (Lipinski definition) is 2. The van der Waals surface area contributed by atoms with Crippen LogP contribution in [-0.2, 0) is 0 Å². The van der Waals surface area contributed by atoms with Gasteiger partial charge in [-0.3, -0.25) is 0 Å². The lowest BCUT2D eigenvalue weighted by atomic mass is 9.99. The van der Waals surface area contributed by atoms with Crippen molar-refractivity contribution in [3.8, 4) is 0 Å². The lowest BCUT2D eigenvalue weighted by molar-refractivity contribution is 0.861. The number of rotatable bonds is 1. The summed E-state index contributed by atoms with van der Waals surface area (Å²) < 4.78 is 0. The second kappa shape index (κ2) is 3.24. The van der Waals surface area contributed by atoms with Crippen LogP contribution in [0, 0.1) is 13.8 Å². The van der Waals surface area contributed by atoms with Crippen LogP contribution in [0.5, 0.6) is 0 Å². The minimum atomic E-state index is 0.326. The Hall–Kier alpha value is -1.25. The number of nitrogen functional groups attached to an aromatic ring is 2. The van der Waals surface area contributed by atoms with Crippen molar-refractivity contribution in [3.63, 3.8) is 0 Å². The van der Waals surface area contributed by atoms with E-state index in [4.69, 9.17) is 11.5 Å². The van der Waals surface area contributed by atoms with E-state index in [0.29, 0.717) is 11.7 Å². The van der Waals surface area contributed by atoms with Gasteiger partial charge in [0, 0.05) is 16.9 Å². The molecule has 1 rings (SSSR count). The van der Waals surface area contributed by atoms with Gasteiger partial charge in [-0.15, -0.1) is 0 Å². The van der Waals surface area contributed by atoms with E-state index >= 15 is 0 Å². The molecule has 0 radical (unpaired) electrons. The molecule has 1 heterocycles. The van der Waals surface area contributed by atoms with Crippen molar-refractivity contribution < 1.29 is 0 Å². The summed E-state index contributed by atoms with van der Waals surface area (Å²) in [5.41, 5.74) is 15.5. The zero-order valence-electron chi connectivity index (χ0n) is 8.68. The van der Waals surface area contributed by atoms with Gasteiger partial charge in [0.2, 0.25) is 0 Å². The second-order valence-corrected chi connectivity index (χ2v) is 3.69. The third-order valence-corrected chi connectivity index (χ3v) is 2.38. The Labute approximate surface area is 79.2 Å². The Morgan fingerprint density at radius 1 is 1.15 bits per heavy atom. The van der Waals surface area contributed by atoms with Crippen LogP contribution in [0.2, 0.25) is 0 Å². The number of nitrogens with two attached hydrogens (primary N) is 2. The highest BCUT2D eigenvalue weighted by Gasteiger charge is 2.13. The monoisotopic (exact) mass is 179 g/mol. The smallest absolute Gasteiger partial charge is 0.129 e. The van der Waals surface area contributed by atoms with Crippen molar-refractivity contribution in [2.45, 2.75) is 33.6 Å². The predicted molar refractivity (Wildman–Crippen MR) is 56.6 cm³/mol. The lowest BCUT2D eigenvalue weighted by Crippen LogP contribution is -2.08. The van der Waals surface area contributed by atoms with E-state index in [1.807, 2.05) is 13.8 Å². The van der Waals surface area contributed by atoms with Gasteiger partial charge >= 0.3 is 0 Å². The van der Waals surface area contributed by atoms with Gasteiger partial charge in [0.25, 0.3) is 0 Å². The Kier molecular flexibility index (Phi) is 2.45. The van der Waals surface area contributed by atoms with Gasteiger partial charge in [-0.1, -0.05) is 13.8 Å². The highest BCUT2D eigenvalue weighted by atomic mass is 14.9. The summed E-state index contributed by atoms with van der Waals surface area (Å²) in [6, 6.07) is 0. The minimum absolute atomic E-state index is 0.326. The van der Waals surface area contributed by atoms with E-state index in [1.54, 1.807) is 0 Å². The minimum Gasteiger partial charge on any atom is -0.398 e. The number of pyridine rings is 1. The first-order chi connectivity index (χ1) is 5.95. The first-order valence-electron chi connectivity index (χ1n) is 4.47. The molecule has 0 saturated carbocycles. The highest BCUT2D eigenvalue weighted by molar-refractivity contribution is 5.64. The van der Waals surface area contributed by atoms with Crippen molar-refractivity contribution in [1.29, 1.82) is 0 Å². The van der Waals surface area contributed by atoms with Crippen LogP contribution in [0.25, 0.3) is 0 Å². The molecule has 1 aromatic heterocycles. The zero-order chi connectivity index (χ0) is 10.2. The van der Waals surface area contributed by atoms with Crippen molar-refractivity contribution in [3.05, 3.63) is 16.8 Å². The van der Waals surface area contributed by atoms with Crippen LogP contribution in [0.1, 0.15) is 36.6 Å². The van der Waals surface area contributed by atoms with Crippen molar-refractivity contribution in [1.82, 2.24) is 4.98 Å². The van der Waals surface area contributed by atoms with Crippen LogP contribution >= 0.6 is 0 Å². The Balaban J connectivity index is 3.44. The fraction of sp³-hybridized carbons (Fsp3) is 0.500. The molecule has 0 aliphatic heterocycles. The van der Waals surface area contributed by atoms with Gasteiger partial charge in [-0.2, -0.15) is 0 Å². The molecule has 0 amide bonds. The number of aromatic nitrogens is 1. The Morgan fingerprint density at radius 2 is 1.69 bits per heavy atom. The van der Waals surface area contributed by atoms with E-state index in [-0.39, 0.29) is 0 Å². The molecule has 1 aromatic rings. The molecule has 0 fully saturated rings. The lowest BCUT2D eigenvalue weighted by Gasteiger charge is -2.15. The van der Waals surface area contributed by atoms with Gasteiger partial charge in [-0.05, 0) is 25.3 Å². The van der Waals surface area contributed by atoms with E-state index in [1.165, 1.54) is 0 Å². The van der Waals surface area contributed by atoms with Crippen molar-refractivity contribution >= 4 is 11.5 Å². The molecule has 3 heteroatoms. The molecule has 0 aliphatic rings. The molecule has 0 aliphatic carbocycles. The predicted octanol–water partition coefficient (Wildman–Crippen LogP) is 1.99. The maximum Gasteiger partial charge on any atom is 0.129 e. The summed E-state index contributed by atoms with van der Waals surface area (Å²) in [6.45, 7) is 8.03. The molecule has 72 valence electrons. The Bertz CT molecular complexity index is 329. The summed E-state index contributed by atoms with van der Waals surface area (Å²) >= 11 is 0. The fourth-order valence-corrected chi connectivity index (χ4v) is 1.47. The third-order valence-electron chi connectivity index (χ3n) is 2.38. The number of hydrogen-bond acceptors (Lipinski definition) is 3. The van der Waals surface area contributed by atoms with E-state index in [9.17, 15) is 0 Å². The number of aryl methyl sites for hydroxylation is 1. The van der Waals surface area contributed by atoms with Crippen LogP contribution in [0.4, 0.5) is 11.5 Å². The highest BCUT2D eigenvalue weighted by Crippen LogP contribution is 2.30. The zero-order valence-corrected chi connectivity index (χ0v) is 8.68. The van der Waals surface area contributed by atoms with E-state index < -0.39 is 0 Å². The van der Waals surface area contributed by atoms with Crippen LogP contribution in [-0.4, -0.2) is 4.98 Å². The van der Waals surface area contributed by atoms with Gasteiger partial charge in [0.1, 0.15) is 5.82 Å². The molecule has 0 saturated heterocycles. The Morgan fingerprint density at radius 3 is 2.15 bits per heavy atom. The standard InChI is InChI=1S/C10H17N3/c1-5(2)8-9(11)6(3)7(4)13-10(8)12/h5H,1-4H3,(H4,11,12,13). The van der Waals surface area contributed by atoms with E-state index in [2.05, 4.69) is 18.8 Å². The molecule has 0 unspecified atom stereocenters. The molecule has 0 bridgehead atoms. The van der Waals surface area contributed by atoms with Gasteiger partial charge in [-0.25, -0.2) is 4.98 Å². The third kappa shape index (κ3) is 1.59. The van der Waals surface area contributed by atoms with Crippen LogP contribution in [0.3, 0.4) is 0 Å². The molecule has 13 heavy (non-hydrogen) atoms. The first kappa shape index (κ1) is 9.84. The van der Waals surface area contributed by atoms with Crippen molar-refractivity contribution in [2.24, 2.45) is 0 Å². The van der Waals surface area contributed by atoms with E-state index in [0.717, 1.165) is 22.5 Å². The summed E-state index contributed by atoms with van der Waals surface area (Å²) in [5.74, 6) is 0.891. The molecule has 0 aromatic carbocycles. The quantitative estimate of drug-likeness (QED) is 0.692. The average molecular weight is 179 g/mol. The second-order valence-electron chi connectivity index (χ2n) is 3.69. The molecular weight excluding hydrogens is 162 g/mol. The molecule has 4 N–H and O–H groups in total. The van der Waals surface area contributed by atoms with Gasteiger partial charge in [0.05, 0.1) is 0 Å². The van der Waals surface area contributed by atoms with Crippen LogP contribution in [0.15, 0.2) is 0 Å². The molecule has 0 atom stereocenters. The first-order valence-corrected chi connectivity index (χ1v) is 4.47. The summed E-state index contributed by atoms with van der Waals surface area (Å²) in [5, 5.41) is 0. The maximum atomic E-state index is 5.97. The van der Waals surface area contributed by atoms with Crippen molar-refractivity contribution in [2.75, 3.05) is 11.5 Å². The molecular formula is C10H17N3. The molecule has 3 nitrogen and oxygen atoms in total. The fourth-order valence-electron chi connectivity index (χ4n) is 1.47. The number of anilines is 2.